The van der Waals surface area contributed by atoms with E-state index in [4.69, 9.17) is 19.9 Å². The van der Waals surface area contributed by atoms with Crippen LogP contribution in [0, 0.1) is 0 Å². The molecule has 112 valence electrons. The predicted molar refractivity (Wildman–Crippen MR) is 77.4 cm³/mol. The minimum absolute atomic E-state index is 0. The maximum Gasteiger partial charge on any atom is 0.255 e. The summed E-state index contributed by atoms with van der Waals surface area (Å²) < 4.78 is 15.8. The molecule has 2 rings (SSSR count). The lowest BCUT2D eigenvalue weighted by atomic mass is 10.2. The zero-order chi connectivity index (χ0) is 13.5. The van der Waals surface area contributed by atoms with Crippen LogP contribution in [0.15, 0.2) is 24.3 Å². The molecule has 0 saturated carbocycles. The molecule has 1 heterocycles. The van der Waals surface area contributed by atoms with Gasteiger partial charge in [-0.25, -0.2) is 0 Å². The summed E-state index contributed by atoms with van der Waals surface area (Å²) in [4.78, 5) is 11.9. The summed E-state index contributed by atoms with van der Waals surface area (Å²) in [5, 5.41) is 2.77. The van der Waals surface area contributed by atoms with Crippen molar-refractivity contribution in [2.75, 3.05) is 38.3 Å². The summed E-state index contributed by atoms with van der Waals surface area (Å²) in [6.07, 6.45) is -0.540. The number of nitrogens with two attached hydrogens (primary N) is 1. The highest BCUT2D eigenvalue weighted by Gasteiger charge is 2.22. The van der Waals surface area contributed by atoms with Crippen molar-refractivity contribution in [1.29, 1.82) is 0 Å². The van der Waals surface area contributed by atoms with E-state index in [0.29, 0.717) is 38.7 Å². The molecule has 1 aromatic carbocycles. The van der Waals surface area contributed by atoms with Crippen LogP contribution in [0.5, 0.6) is 5.75 Å². The van der Waals surface area contributed by atoms with Gasteiger partial charge in [-0.3, -0.25) is 4.79 Å². The second-order valence-corrected chi connectivity index (χ2v) is 4.09. The summed E-state index contributed by atoms with van der Waals surface area (Å²) in [7, 11) is 0. The minimum Gasteiger partial charge on any atom is -0.492 e. The molecule has 0 bridgehead atoms. The van der Waals surface area contributed by atoms with Crippen molar-refractivity contribution >= 4 is 24.0 Å². The number of nitrogens with one attached hydrogen (secondary N) is 1. The average Bonchev–Trinajstić information content (AvgIpc) is 2.47. The van der Waals surface area contributed by atoms with E-state index < -0.39 is 6.10 Å². The zero-order valence-corrected chi connectivity index (χ0v) is 11.9. The molecule has 1 aromatic rings. The third-order valence-electron chi connectivity index (χ3n) is 2.62. The molecule has 7 heteroatoms. The Balaban J connectivity index is 0.00000200. The maximum absolute atomic E-state index is 11.9. The van der Waals surface area contributed by atoms with Gasteiger partial charge in [-0.2, -0.15) is 0 Å². The van der Waals surface area contributed by atoms with Crippen LogP contribution in [0.3, 0.4) is 0 Å². The van der Waals surface area contributed by atoms with Gasteiger partial charge in [0, 0.05) is 12.2 Å². The molecule has 1 saturated heterocycles. The number of halogens is 1. The summed E-state index contributed by atoms with van der Waals surface area (Å²) in [6, 6.07) is 7.11. The van der Waals surface area contributed by atoms with Gasteiger partial charge in [0.1, 0.15) is 12.4 Å². The Hall–Kier alpha value is -1.34. The molecule has 1 aliphatic heterocycles. The van der Waals surface area contributed by atoms with Gasteiger partial charge in [0.2, 0.25) is 0 Å². The Morgan fingerprint density at radius 1 is 1.35 bits per heavy atom. The van der Waals surface area contributed by atoms with Crippen molar-refractivity contribution in [1.82, 2.24) is 0 Å². The first-order chi connectivity index (χ1) is 9.29. The Bertz CT molecular complexity index is 407. The standard InChI is InChI=1S/C13H18N2O4.ClH/c14-5-6-18-11-3-1-10(2-4-11)15-13(16)12-9-17-7-8-19-12;/h1-4,12H,5-9,14H2,(H,15,16);1H. The fraction of sp³-hybridized carbons (Fsp3) is 0.462. The SMILES string of the molecule is Cl.NCCOc1ccc(NC(=O)C2COCCO2)cc1. The van der Waals surface area contributed by atoms with E-state index in [-0.39, 0.29) is 18.3 Å². The molecule has 1 amide bonds. The van der Waals surface area contributed by atoms with Crippen LogP contribution in [-0.4, -0.2) is 45.0 Å². The van der Waals surface area contributed by atoms with Crippen LogP contribution in [0.1, 0.15) is 0 Å². The Morgan fingerprint density at radius 2 is 2.10 bits per heavy atom. The molecule has 20 heavy (non-hydrogen) atoms. The molecule has 1 atom stereocenters. The van der Waals surface area contributed by atoms with Crippen LogP contribution in [0.4, 0.5) is 5.69 Å². The number of hydrogen-bond donors (Lipinski definition) is 2. The molecule has 1 unspecified atom stereocenters. The van der Waals surface area contributed by atoms with Gasteiger partial charge in [0.15, 0.2) is 6.10 Å². The summed E-state index contributed by atoms with van der Waals surface area (Å²) in [5.41, 5.74) is 6.04. The smallest absolute Gasteiger partial charge is 0.255 e. The topological polar surface area (TPSA) is 82.8 Å². The fourth-order valence-corrected chi connectivity index (χ4v) is 1.67. The lowest BCUT2D eigenvalue weighted by molar-refractivity contribution is -0.142. The van der Waals surface area contributed by atoms with Crippen LogP contribution in [-0.2, 0) is 14.3 Å². The summed E-state index contributed by atoms with van der Waals surface area (Å²) in [5.74, 6) is 0.524. The van der Waals surface area contributed by atoms with Crippen molar-refractivity contribution in [3.05, 3.63) is 24.3 Å². The number of carbonyl (C=O) groups excluding carboxylic acids is 1. The number of benzene rings is 1. The Kier molecular flexibility index (Phi) is 7.32. The van der Waals surface area contributed by atoms with Crippen LogP contribution in [0.25, 0.3) is 0 Å². The normalized spacial score (nSPS) is 17.9. The van der Waals surface area contributed by atoms with Gasteiger partial charge < -0.3 is 25.3 Å². The van der Waals surface area contributed by atoms with Gasteiger partial charge in [0.25, 0.3) is 5.91 Å². The van der Waals surface area contributed by atoms with Crippen LogP contribution >= 0.6 is 12.4 Å². The molecule has 1 aliphatic rings. The third-order valence-corrected chi connectivity index (χ3v) is 2.62. The second kappa shape index (κ2) is 8.76. The fourth-order valence-electron chi connectivity index (χ4n) is 1.67. The highest BCUT2D eigenvalue weighted by atomic mass is 35.5. The molecule has 1 fully saturated rings. The van der Waals surface area contributed by atoms with Crippen LogP contribution < -0.4 is 15.8 Å². The maximum atomic E-state index is 11.9. The summed E-state index contributed by atoms with van der Waals surface area (Å²) >= 11 is 0. The van der Waals surface area contributed by atoms with Gasteiger partial charge >= 0.3 is 0 Å². The largest absolute Gasteiger partial charge is 0.492 e. The molecular formula is C13H19ClN2O4. The number of rotatable bonds is 5. The lowest BCUT2D eigenvalue weighted by Crippen LogP contribution is -2.39. The Labute approximate surface area is 124 Å². The van der Waals surface area contributed by atoms with E-state index in [0.717, 1.165) is 5.75 Å². The van der Waals surface area contributed by atoms with Crippen molar-refractivity contribution in [3.63, 3.8) is 0 Å². The summed E-state index contributed by atoms with van der Waals surface area (Å²) in [6.45, 7) is 2.22. The van der Waals surface area contributed by atoms with Crippen molar-refractivity contribution in [2.45, 2.75) is 6.10 Å². The monoisotopic (exact) mass is 302 g/mol. The average molecular weight is 303 g/mol. The molecule has 0 spiro atoms. The number of anilines is 1. The van der Waals surface area contributed by atoms with Crippen molar-refractivity contribution in [3.8, 4) is 5.75 Å². The van der Waals surface area contributed by atoms with Crippen LogP contribution in [0.2, 0.25) is 0 Å². The predicted octanol–water partition coefficient (Wildman–Crippen LogP) is 0.800. The quantitative estimate of drug-likeness (QED) is 0.840. The number of amides is 1. The van der Waals surface area contributed by atoms with Gasteiger partial charge in [0.05, 0.1) is 19.8 Å². The molecule has 0 aliphatic carbocycles. The Morgan fingerprint density at radius 3 is 2.70 bits per heavy atom. The minimum atomic E-state index is -0.540. The first-order valence-electron chi connectivity index (χ1n) is 6.23. The van der Waals surface area contributed by atoms with E-state index >= 15 is 0 Å². The lowest BCUT2D eigenvalue weighted by Gasteiger charge is -2.22. The number of hydrogen-bond acceptors (Lipinski definition) is 5. The second-order valence-electron chi connectivity index (χ2n) is 4.09. The van der Waals surface area contributed by atoms with E-state index in [1.807, 2.05) is 0 Å². The van der Waals surface area contributed by atoms with Crippen molar-refractivity contribution in [2.24, 2.45) is 5.73 Å². The molecule has 3 N–H and O–H groups in total. The van der Waals surface area contributed by atoms with E-state index in [9.17, 15) is 4.79 Å². The first-order valence-corrected chi connectivity index (χ1v) is 6.23. The van der Waals surface area contributed by atoms with E-state index in [1.165, 1.54) is 0 Å². The van der Waals surface area contributed by atoms with Gasteiger partial charge in [-0.1, -0.05) is 0 Å². The van der Waals surface area contributed by atoms with E-state index in [2.05, 4.69) is 5.32 Å². The molecule has 6 nitrogen and oxygen atoms in total. The van der Waals surface area contributed by atoms with E-state index in [1.54, 1.807) is 24.3 Å². The molecular weight excluding hydrogens is 284 g/mol. The van der Waals surface area contributed by atoms with Gasteiger partial charge in [-0.15, -0.1) is 12.4 Å². The third kappa shape index (κ3) is 4.97. The highest BCUT2D eigenvalue weighted by Crippen LogP contribution is 2.16. The van der Waals surface area contributed by atoms with Crippen molar-refractivity contribution < 1.29 is 19.0 Å². The number of ether oxygens (including phenoxy) is 3. The highest BCUT2D eigenvalue weighted by molar-refractivity contribution is 5.94. The zero-order valence-electron chi connectivity index (χ0n) is 11.0. The van der Waals surface area contributed by atoms with Gasteiger partial charge in [-0.05, 0) is 24.3 Å². The molecule has 0 radical (unpaired) electrons. The number of carbonyl (C=O) groups is 1. The molecule has 0 aromatic heterocycles. The first kappa shape index (κ1) is 16.7.